The monoisotopic (exact) mass is 297 g/mol. The van der Waals surface area contributed by atoms with Crippen LogP contribution in [0.1, 0.15) is 11.8 Å². The Hall–Kier alpha value is -0.200. The Bertz CT molecular complexity index is 364. The maximum atomic E-state index is 13.4. The lowest BCUT2D eigenvalue weighted by atomic mass is 10.2. The number of nitrogens with zero attached hydrogens (tertiary/aromatic N) is 1. The van der Waals surface area contributed by atoms with Gasteiger partial charge in [-0.15, -0.1) is 0 Å². The van der Waals surface area contributed by atoms with Gasteiger partial charge in [-0.05, 0) is 22.0 Å². The van der Waals surface area contributed by atoms with Gasteiger partial charge in [-0.1, -0.05) is 17.7 Å². The fourth-order valence-corrected chi connectivity index (χ4v) is 1.74. The highest BCUT2D eigenvalue weighted by atomic mass is 79.9. The third kappa shape index (κ3) is 2.68. The molecule has 1 unspecified atom stereocenters. The Labute approximate surface area is 100 Å². The summed E-state index contributed by atoms with van der Waals surface area (Å²) >= 11 is 8.74. The summed E-state index contributed by atoms with van der Waals surface area (Å²) in [6.45, 7) is 0. The molecular weight excluding hydrogens is 288 g/mol. The van der Waals surface area contributed by atoms with Gasteiger partial charge < -0.3 is 5.11 Å². The van der Waals surface area contributed by atoms with Crippen molar-refractivity contribution in [1.82, 2.24) is 5.06 Å². The van der Waals surface area contributed by atoms with Gasteiger partial charge >= 0.3 is 0 Å². The van der Waals surface area contributed by atoms with Gasteiger partial charge in [0.1, 0.15) is 0 Å². The molecule has 0 aliphatic carbocycles. The minimum atomic E-state index is -1.11. The molecule has 0 aromatic heterocycles. The van der Waals surface area contributed by atoms with Crippen molar-refractivity contribution in [3.8, 4) is 0 Å². The third-order valence-electron chi connectivity index (χ3n) is 1.98. The fourth-order valence-electron chi connectivity index (χ4n) is 1.04. The van der Waals surface area contributed by atoms with Crippen molar-refractivity contribution in [2.24, 2.45) is 0 Å². The van der Waals surface area contributed by atoms with Gasteiger partial charge in [-0.3, -0.25) is 4.84 Å². The minimum absolute atomic E-state index is 0.124. The van der Waals surface area contributed by atoms with E-state index < -0.39 is 12.0 Å². The van der Waals surface area contributed by atoms with E-state index in [2.05, 4.69) is 15.9 Å². The van der Waals surface area contributed by atoms with Crippen LogP contribution in [-0.2, 0) is 4.84 Å². The Morgan fingerprint density at radius 1 is 1.60 bits per heavy atom. The molecule has 84 valence electrons. The van der Waals surface area contributed by atoms with Crippen LogP contribution in [0.3, 0.4) is 0 Å². The second kappa shape index (κ2) is 5.23. The van der Waals surface area contributed by atoms with E-state index in [4.69, 9.17) is 16.4 Å². The molecule has 15 heavy (non-hydrogen) atoms. The van der Waals surface area contributed by atoms with E-state index in [-0.39, 0.29) is 15.1 Å². The van der Waals surface area contributed by atoms with Crippen LogP contribution < -0.4 is 0 Å². The number of hydrogen-bond donors (Lipinski definition) is 1. The summed E-state index contributed by atoms with van der Waals surface area (Å²) in [6, 6.07) is 3.00. The first kappa shape index (κ1) is 12.9. The summed E-state index contributed by atoms with van der Waals surface area (Å²) < 4.78 is 13.6. The Morgan fingerprint density at radius 3 is 2.73 bits per heavy atom. The number of benzene rings is 1. The molecule has 1 rings (SSSR count). The first-order valence-electron chi connectivity index (χ1n) is 4.07. The predicted octanol–water partition coefficient (Wildman–Crippen LogP) is 2.73. The van der Waals surface area contributed by atoms with Crippen LogP contribution in [0, 0.1) is 5.82 Å². The third-order valence-corrected chi connectivity index (χ3v) is 2.97. The van der Waals surface area contributed by atoms with Crippen LogP contribution in [0.25, 0.3) is 0 Å². The normalized spacial score (nSPS) is 13.3. The summed E-state index contributed by atoms with van der Waals surface area (Å²) in [4.78, 5) is 4.78. The van der Waals surface area contributed by atoms with E-state index in [1.807, 2.05) is 0 Å². The number of halogens is 3. The standard InChI is InChI=1S/C9H10BrClFNO2/c1-13(15-2)9(14)5-3-4-6(10)8(12)7(5)11/h3-4,9,14H,1-2H3. The lowest BCUT2D eigenvalue weighted by molar-refractivity contribution is -0.206. The van der Waals surface area contributed by atoms with Gasteiger partial charge in [0, 0.05) is 12.6 Å². The average molecular weight is 299 g/mol. The van der Waals surface area contributed by atoms with Crippen molar-refractivity contribution in [3.05, 3.63) is 33.0 Å². The van der Waals surface area contributed by atoms with Crippen molar-refractivity contribution < 1.29 is 14.3 Å². The molecule has 0 heterocycles. The topological polar surface area (TPSA) is 32.7 Å². The van der Waals surface area contributed by atoms with Gasteiger partial charge in [0.25, 0.3) is 0 Å². The van der Waals surface area contributed by atoms with Crippen LogP contribution in [-0.4, -0.2) is 24.3 Å². The van der Waals surface area contributed by atoms with Crippen molar-refractivity contribution in [1.29, 1.82) is 0 Å². The smallest absolute Gasteiger partial charge is 0.156 e. The maximum absolute atomic E-state index is 13.4. The number of hydroxylamine groups is 2. The number of hydrogen-bond acceptors (Lipinski definition) is 3. The molecule has 0 spiro atoms. The Balaban J connectivity index is 3.10. The van der Waals surface area contributed by atoms with Gasteiger partial charge in [0.15, 0.2) is 12.0 Å². The molecule has 1 atom stereocenters. The van der Waals surface area contributed by atoms with Crippen molar-refractivity contribution in [3.63, 3.8) is 0 Å². The van der Waals surface area contributed by atoms with Crippen LogP contribution in [0.5, 0.6) is 0 Å². The van der Waals surface area contributed by atoms with E-state index in [0.717, 1.165) is 5.06 Å². The zero-order valence-electron chi connectivity index (χ0n) is 8.17. The second-order valence-electron chi connectivity index (χ2n) is 2.87. The van der Waals surface area contributed by atoms with E-state index in [0.29, 0.717) is 0 Å². The first-order valence-corrected chi connectivity index (χ1v) is 5.24. The van der Waals surface area contributed by atoms with E-state index in [1.54, 1.807) is 0 Å². The Morgan fingerprint density at radius 2 is 2.20 bits per heavy atom. The zero-order chi connectivity index (χ0) is 11.6. The molecule has 0 fully saturated rings. The molecular formula is C9H10BrClFNO2. The summed E-state index contributed by atoms with van der Waals surface area (Å²) in [6.07, 6.45) is -1.11. The second-order valence-corrected chi connectivity index (χ2v) is 4.10. The van der Waals surface area contributed by atoms with Crippen LogP contribution in [0.2, 0.25) is 5.02 Å². The highest BCUT2D eigenvalue weighted by Crippen LogP contribution is 2.31. The molecule has 1 N–H and O–H groups in total. The molecule has 1 aromatic carbocycles. The number of aliphatic hydroxyl groups is 1. The molecule has 0 saturated heterocycles. The molecule has 0 aliphatic rings. The van der Waals surface area contributed by atoms with Gasteiger partial charge in [-0.2, -0.15) is 5.06 Å². The lowest BCUT2D eigenvalue weighted by Crippen LogP contribution is -2.23. The molecule has 0 aliphatic heterocycles. The van der Waals surface area contributed by atoms with E-state index in [1.165, 1.54) is 26.3 Å². The molecule has 0 radical (unpaired) electrons. The summed E-state index contributed by atoms with van der Waals surface area (Å²) in [5.41, 5.74) is 0.252. The highest BCUT2D eigenvalue weighted by molar-refractivity contribution is 9.10. The molecule has 3 nitrogen and oxygen atoms in total. The molecule has 1 aromatic rings. The molecule has 6 heteroatoms. The summed E-state index contributed by atoms with van der Waals surface area (Å²) in [5.74, 6) is -0.599. The van der Waals surface area contributed by atoms with Crippen LogP contribution >= 0.6 is 27.5 Å². The minimum Gasteiger partial charge on any atom is -0.372 e. The zero-order valence-corrected chi connectivity index (χ0v) is 10.5. The van der Waals surface area contributed by atoms with E-state index >= 15 is 0 Å². The summed E-state index contributed by atoms with van der Waals surface area (Å²) in [5, 5.41) is 10.8. The Kier molecular flexibility index (Phi) is 4.48. The van der Waals surface area contributed by atoms with Crippen molar-refractivity contribution in [2.75, 3.05) is 14.2 Å². The molecule has 0 amide bonds. The van der Waals surface area contributed by atoms with Crippen LogP contribution in [0.15, 0.2) is 16.6 Å². The van der Waals surface area contributed by atoms with Gasteiger partial charge in [0.05, 0.1) is 16.6 Å². The average Bonchev–Trinajstić information content (AvgIpc) is 2.24. The van der Waals surface area contributed by atoms with E-state index in [9.17, 15) is 9.50 Å². The SMILES string of the molecule is CON(C)C(O)c1ccc(Br)c(F)c1Cl. The summed E-state index contributed by atoms with van der Waals surface area (Å²) in [7, 11) is 2.91. The quantitative estimate of drug-likeness (QED) is 0.529. The largest absolute Gasteiger partial charge is 0.372 e. The predicted molar refractivity (Wildman–Crippen MR) is 58.8 cm³/mol. The fraction of sp³-hybridized carbons (Fsp3) is 0.333. The van der Waals surface area contributed by atoms with Crippen molar-refractivity contribution >= 4 is 27.5 Å². The van der Waals surface area contributed by atoms with Crippen LogP contribution in [0.4, 0.5) is 4.39 Å². The molecule has 0 bridgehead atoms. The maximum Gasteiger partial charge on any atom is 0.156 e. The number of aliphatic hydroxyl groups excluding tert-OH is 1. The molecule has 0 saturated carbocycles. The van der Waals surface area contributed by atoms with Gasteiger partial charge in [0.2, 0.25) is 0 Å². The number of rotatable bonds is 3. The van der Waals surface area contributed by atoms with Gasteiger partial charge in [-0.25, -0.2) is 4.39 Å². The first-order chi connectivity index (χ1) is 6.99. The lowest BCUT2D eigenvalue weighted by Gasteiger charge is -2.22. The highest BCUT2D eigenvalue weighted by Gasteiger charge is 2.19. The van der Waals surface area contributed by atoms with Crippen molar-refractivity contribution in [2.45, 2.75) is 6.23 Å².